The Morgan fingerprint density at radius 3 is 2.44 bits per heavy atom. The van der Waals surface area contributed by atoms with Gasteiger partial charge in [-0.15, -0.1) is 0 Å². The van der Waals surface area contributed by atoms with E-state index in [2.05, 4.69) is 0 Å². The minimum atomic E-state index is -0.179. The van der Waals surface area contributed by atoms with E-state index in [1.54, 1.807) is 24.3 Å². The molecule has 1 fully saturated rings. The molecule has 3 rings (SSSR count). The molecule has 3 heteroatoms. The molecule has 1 saturated carbocycles. The Morgan fingerprint density at radius 1 is 1.06 bits per heavy atom. The Morgan fingerprint density at radius 2 is 1.75 bits per heavy atom. The SMILES string of the molecule is O=C1C=C(OC2CC2)C(=O)c2ccccc21. The number of hydrogen-bond acceptors (Lipinski definition) is 3. The number of benzene rings is 1. The van der Waals surface area contributed by atoms with Crippen molar-refractivity contribution in [1.29, 1.82) is 0 Å². The molecule has 2 aliphatic rings. The van der Waals surface area contributed by atoms with Gasteiger partial charge < -0.3 is 4.74 Å². The summed E-state index contributed by atoms with van der Waals surface area (Å²) < 4.78 is 5.43. The van der Waals surface area contributed by atoms with Crippen LogP contribution in [-0.2, 0) is 4.74 Å². The number of allylic oxidation sites excluding steroid dienone is 2. The summed E-state index contributed by atoms with van der Waals surface area (Å²) in [4.78, 5) is 23.7. The summed E-state index contributed by atoms with van der Waals surface area (Å²) in [5.74, 6) is -0.126. The van der Waals surface area contributed by atoms with Crippen molar-refractivity contribution in [3.05, 3.63) is 47.2 Å². The van der Waals surface area contributed by atoms with E-state index >= 15 is 0 Å². The fourth-order valence-electron chi connectivity index (χ4n) is 1.74. The number of ketones is 2. The van der Waals surface area contributed by atoms with Gasteiger partial charge in [-0.05, 0) is 12.8 Å². The maximum Gasteiger partial charge on any atom is 0.228 e. The molecule has 16 heavy (non-hydrogen) atoms. The molecular weight excluding hydrogens is 204 g/mol. The third kappa shape index (κ3) is 1.45. The minimum absolute atomic E-state index is 0.133. The molecule has 0 spiro atoms. The summed E-state index contributed by atoms with van der Waals surface area (Å²) in [5.41, 5.74) is 0.918. The quantitative estimate of drug-likeness (QED) is 0.757. The second-order valence-electron chi connectivity index (χ2n) is 4.06. The largest absolute Gasteiger partial charge is 0.486 e. The average Bonchev–Trinajstić information content (AvgIpc) is 3.10. The van der Waals surface area contributed by atoms with Gasteiger partial charge in [0.2, 0.25) is 5.78 Å². The van der Waals surface area contributed by atoms with Gasteiger partial charge in [0.15, 0.2) is 11.5 Å². The van der Waals surface area contributed by atoms with Gasteiger partial charge in [0.25, 0.3) is 0 Å². The number of rotatable bonds is 2. The molecule has 0 bridgehead atoms. The van der Waals surface area contributed by atoms with E-state index in [-0.39, 0.29) is 23.4 Å². The van der Waals surface area contributed by atoms with Crippen LogP contribution in [0.3, 0.4) is 0 Å². The van der Waals surface area contributed by atoms with E-state index in [0.29, 0.717) is 11.1 Å². The molecule has 0 heterocycles. The fraction of sp³-hybridized carbons (Fsp3) is 0.231. The standard InChI is InChI=1S/C13H10O3/c14-11-7-12(16-8-5-6-8)13(15)10-4-2-1-3-9(10)11/h1-4,7-8H,5-6H2. The Balaban J connectivity index is 2.00. The second kappa shape index (κ2) is 3.30. The lowest BCUT2D eigenvalue weighted by Gasteiger charge is -2.15. The topological polar surface area (TPSA) is 43.4 Å². The van der Waals surface area contributed by atoms with E-state index in [1.165, 1.54) is 6.08 Å². The van der Waals surface area contributed by atoms with E-state index in [0.717, 1.165) is 12.8 Å². The predicted molar refractivity (Wildman–Crippen MR) is 57.3 cm³/mol. The summed E-state index contributed by atoms with van der Waals surface area (Å²) in [6.45, 7) is 0. The van der Waals surface area contributed by atoms with Gasteiger partial charge in [0, 0.05) is 17.2 Å². The zero-order chi connectivity index (χ0) is 11.1. The van der Waals surface area contributed by atoms with Crippen molar-refractivity contribution in [3.63, 3.8) is 0 Å². The van der Waals surface area contributed by atoms with Crippen molar-refractivity contribution in [2.75, 3.05) is 0 Å². The lowest BCUT2D eigenvalue weighted by molar-refractivity contribution is 0.0869. The molecule has 0 radical (unpaired) electrons. The average molecular weight is 214 g/mol. The summed E-state index contributed by atoms with van der Waals surface area (Å²) in [7, 11) is 0. The van der Waals surface area contributed by atoms with Crippen LogP contribution in [0, 0.1) is 0 Å². The van der Waals surface area contributed by atoms with E-state index in [9.17, 15) is 9.59 Å². The van der Waals surface area contributed by atoms with E-state index in [4.69, 9.17) is 4.74 Å². The number of carbonyl (C=O) groups excluding carboxylic acids is 2. The van der Waals surface area contributed by atoms with Crippen molar-refractivity contribution in [2.24, 2.45) is 0 Å². The Bertz CT molecular complexity index is 510. The first-order valence-corrected chi connectivity index (χ1v) is 5.32. The Labute approximate surface area is 92.7 Å². The molecule has 0 N–H and O–H groups in total. The zero-order valence-electron chi connectivity index (χ0n) is 8.60. The maximum absolute atomic E-state index is 12.0. The first kappa shape index (κ1) is 9.33. The fourth-order valence-corrected chi connectivity index (χ4v) is 1.74. The summed E-state index contributed by atoms with van der Waals surface area (Å²) >= 11 is 0. The molecule has 0 aliphatic heterocycles. The summed E-state index contributed by atoms with van der Waals surface area (Å²) in [6.07, 6.45) is 3.39. The van der Waals surface area contributed by atoms with Crippen LogP contribution in [-0.4, -0.2) is 17.7 Å². The van der Waals surface area contributed by atoms with Crippen molar-refractivity contribution < 1.29 is 14.3 Å². The Hall–Kier alpha value is -1.90. The van der Waals surface area contributed by atoms with Crippen LogP contribution in [0.1, 0.15) is 33.6 Å². The number of hydrogen-bond donors (Lipinski definition) is 0. The maximum atomic E-state index is 12.0. The van der Waals surface area contributed by atoms with Crippen LogP contribution in [0.5, 0.6) is 0 Å². The summed E-state index contributed by atoms with van der Waals surface area (Å²) in [6, 6.07) is 6.84. The molecule has 0 aromatic heterocycles. The molecule has 0 saturated heterocycles. The number of carbonyl (C=O) groups is 2. The highest BCUT2D eigenvalue weighted by Gasteiger charge is 2.31. The molecule has 1 aromatic carbocycles. The van der Waals surface area contributed by atoms with Crippen molar-refractivity contribution in [2.45, 2.75) is 18.9 Å². The molecule has 3 nitrogen and oxygen atoms in total. The van der Waals surface area contributed by atoms with Gasteiger partial charge in [-0.2, -0.15) is 0 Å². The van der Waals surface area contributed by atoms with Crippen molar-refractivity contribution in [3.8, 4) is 0 Å². The zero-order valence-corrected chi connectivity index (χ0v) is 8.60. The van der Waals surface area contributed by atoms with Crippen LogP contribution in [0.15, 0.2) is 36.1 Å². The minimum Gasteiger partial charge on any atom is -0.486 e. The predicted octanol–water partition coefficient (Wildman–Crippen LogP) is 2.13. The van der Waals surface area contributed by atoms with Crippen LogP contribution in [0.25, 0.3) is 0 Å². The third-order valence-electron chi connectivity index (χ3n) is 2.74. The monoisotopic (exact) mass is 214 g/mol. The molecule has 2 aliphatic carbocycles. The van der Waals surface area contributed by atoms with Gasteiger partial charge >= 0.3 is 0 Å². The molecule has 0 unspecified atom stereocenters. The summed E-state index contributed by atoms with van der Waals surface area (Å²) in [5, 5.41) is 0. The number of Topliss-reactive ketones (excluding diaryl/α,β-unsaturated/α-hetero) is 1. The van der Waals surface area contributed by atoms with Crippen molar-refractivity contribution >= 4 is 11.6 Å². The van der Waals surface area contributed by atoms with E-state index in [1.807, 2.05) is 0 Å². The van der Waals surface area contributed by atoms with Gasteiger partial charge in [0.1, 0.15) is 0 Å². The first-order valence-electron chi connectivity index (χ1n) is 5.32. The van der Waals surface area contributed by atoms with Gasteiger partial charge in [0.05, 0.1) is 6.10 Å². The highest BCUT2D eigenvalue weighted by atomic mass is 16.5. The molecule has 0 amide bonds. The van der Waals surface area contributed by atoms with Gasteiger partial charge in [-0.3, -0.25) is 9.59 Å². The number of fused-ring (bicyclic) bond motifs is 1. The van der Waals surface area contributed by atoms with Crippen LogP contribution in [0.4, 0.5) is 0 Å². The molecule has 1 aromatic rings. The van der Waals surface area contributed by atoms with Gasteiger partial charge in [-0.1, -0.05) is 24.3 Å². The third-order valence-corrected chi connectivity index (χ3v) is 2.74. The van der Waals surface area contributed by atoms with Crippen molar-refractivity contribution in [1.82, 2.24) is 0 Å². The van der Waals surface area contributed by atoms with Crippen LogP contribution >= 0.6 is 0 Å². The second-order valence-corrected chi connectivity index (χ2v) is 4.06. The molecule has 0 atom stereocenters. The molecular formula is C13H10O3. The van der Waals surface area contributed by atoms with Gasteiger partial charge in [-0.25, -0.2) is 0 Å². The Kier molecular flexibility index (Phi) is 1.93. The highest BCUT2D eigenvalue weighted by Crippen LogP contribution is 2.30. The van der Waals surface area contributed by atoms with Crippen LogP contribution < -0.4 is 0 Å². The van der Waals surface area contributed by atoms with Crippen LogP contribution in [0.2, 0.25) is 0 Å². The van der Waals surface area contributed by atoms with E-state index < -0.39 is 0 Å². The highest BCUT2D eigenvalue weighted by molar-refractivity contribution is 6.23. The normalized spacial score (nSPS) is 19.1. The molecule has 80 valence electrons. The smallest absolute Gasteiger partial charge is 0.228 e. The first-order chi connectivity index (χ1) is 7.75. The lowest BCUT2D eigenvalue weighted by Crippen LogP contribution is -2.19. The number of ether oxygens (including phenoxy) is 1. The lowest BCUT2D eigenvalue weighted by atomic mass is 9.94.